The van der Waals surface area contributed by atoms with Gasteiger partial charge in [-0.15, -0.1) is 0 Å². The maximum absolute atomic E-state index is 12.4. The van der Waals surface area contributed by atoms with Crippen LogP contribution in [0.2, 0.25) is 0 Å². The maximum atomic E-state index is 12.4. The van der Waals surface area contributed by atoms with E-state index in [1.54, 1.807) is 0 Å². The molecule has 0 spiro atoms. The Hall–Kier alpha value is -1.89. The molecule has 0 saturated heterocycles. The fourth-order valence-corrected chi connectivity index (χ4v) is 2.39. The Bertz CT molecular complexity index is 474. The van der Waals surface area contributed by atoms with Gasteiger partial charge in [-0.05, 0) is 18.1 Å². The van der Waals surface area contributed by atoms with Gasteiger partial charge in [-0.25, -0.2) is 0 Å². The summed E-state index contributed by atoms with van der Waals surface area (Å²) in [7, 11) is 0. The van der Waals surface area contributed by atoms with E-state index in [9.17, 15) is 4.79 Å². The van der Waals surface area contributed by atoms with Crippen molar-refractivity contribution in [2.45, 2.75) is 25.7 Å². The van der Waals surface area contributed by atoms with E-state index in [4.69, 9.17) is 0 Å². The van der Waals surface area contributed by atoms with Gasteiger partial charge in [0.2, 0.25) is 0 Å². The number of ketones is 1. The summed E-state index contributed by atoms with van der Waals surface area (Å²) < 4.78 is 0. The van der Waals surface area contributed by atoms with Crippen molar-refractivity contribution in [1.29, 1.82) is 0 Å². The van der Waals surface area contributed by atoms with Crippen molar-refractivity contribution in [3.8, 4) is 0 Å². The maximum Gasteiger partial charge on any atom is 0.147 e. The molecule has 0 saturated carbocycles. The van der Waals surface area contributed by atoms with Crippen molar-refractivity contribution < 1.29 is 4.79 Å². The first-order valence-corrected chi connectivity index (χ1v) is 6.34. The molecule has 1 heteroatoms. The molecule has 0 aromatic heterocycles. The molecular formula is C17H18O. The summed E-state index contributed by atoms with van der Waals surface area (Å²) in [4.78, 5) is 12.4. The highest BCUT2D eigenvalue weighted by molar-refractivity contribution is 5.93. The van der Waals surface area contributed by atoms with Crippen LogP contribution in [0, 0.1) is 0 Å². The lowest BCUT2D eigenvalue weighted by Crippen LogP contribution is -2.33. The topological polar surface area (TPSA) is 17.1 Å². The minimum Gasteiger partial charge on any atom is -0.298 e. The zero-order valence-corrected chi connectivity index (χ0v) is 10.9. The SMILES string of the molecule is CCC(=O)C(C)(c1ccccc1)c1ccccc1. The molecule has 2 aromatic carbocycles. The summed E-state index contributed by atoms with van der Waals surface area (Å²) in [5.41, 5.74) is 1.57. The molecule has 0 fully saturated rings. The fourth-order valence-electron chi connectivity index (χ4n) is 2.39. The van der Waals surface area contributed by atoms with E-state index in [-0.39, 0.29) is 5.78 Å². The zero-order chi connectivity index (χ0) is 13.0. The van der Waals surface area contributed by atoms with E-state index in [1.807, 2.05) is 74.5 Å². The summed E-state index contributed by atoms with van der Waals surface area (Å²) in [6.07, 6.45) is 0.542. The van der Waals surface area contributed by atoms with Crippen LogP contribution in [0.5, 0.6) is 0 Å². The van der Waals surface area contributed by atoms with Crippen LogP contribution >= 0.6 is 0 Å². The molecule has 1 nitrogen and oxygen atoms in total. The Morgan fingerprint density at radius 1 is 0.889 bits per heavy atom. The number of carbonyl (C=O) groups is 1. The zero-order valence-electron chi connectivity index (χ0n) is 10.9. The van der Waals surface area contributed by atoms with Gasteiger partial charge in [0.05, 0.1) is 5.41 Å². The predicted molar refractivity (Wildman–Crippen MR) is 74.6 cm³/mol. The summed E-state index contributed by atoms with van der Waals surface area (Å²) in [5, 5.41) is 0. The van der Waals surface area contributed by atoms with Crippen LogP contribution < -0.4 is 0 Å². The molecule has 0 unspecified atom stereocenters. The first-order chi connectivity index (χ1) is 8.69. The average molecular weight is 238 g/mol. The van der Waals surface area contributed by atoms with Crippen LogP contribution in [0.1, 0.15) is 31.4 Å². The molecule has 0 aliphatic heterocycles. The van der Waals surface area contributed by atoms with E-state index >= 15 is 0 Å². The van der Waals surface area contributed by atoms with Gasteiger partial charge in [0.15, 0.2) is 0 Å². The lowest BCUT2D eigenvalue weighted by atomic mass is 9.72. The molecule has 0 aliphatic rings. The quantitative estimate of drug-likeness (QED) is 0.787. The van der Waals surface area contributed by atoms with Gasteiger partial charge < -0.3 is 0 Å². The number of hydrogen-bond acceptors (Lipinski definition) is 1. The molecule has 2 rings (SSSR count). The largest absolute Gasteiger partial charge is 0.298 e. The van der Waals surface area contributed by atoms with Crippen molar-refractivity contribution in [2.24, 2.45) is 0 Å². The second-order valence-corrected chi connectivity index (χ2v) is 4.63. The Morgan fingerprint density at radius 3 is 1.61 bits per heavy atom. The number of Topliss-reactive ketones (excluding diaryl/α,β-unsaturated/α-hetero) is 1. The van der Waals surface area contributed by atoms with Crippen LogP contribution in [-0.4, -0.2) is 5.78 Å². The lowest BCUT2D eigenvalue weighted by molar-refractivity contribution is -0.122. The standard InChI is InChI=1S/C17H18O/c1-3-16(18)17(2,14-10-6-4-7-11-14)15-12-8-5-9-13-15/h4-13H,3H2,1-2H3. The Morgan fingerprint density at radius 2 is 1.28 bits per heavy atom. The molecule has 0 bridgehead atoms. The summed E-state index contributed by atoms with van der Waals surface area (Å²) in [6, 6.07) is 20.0. The Labute approximate surface area is 108 Å². The van der Waals surface area contributed by atoms with Crippen molar-refractivity contribution in [3.63, 3.8) is 0 Å². The van der Waals surface area contributed by atoms with E-state index < -0.39 is 5.41 Å². The molecule has 2 aromatic rings. The summed E-state index contributed by atoms with van der Waals surface area (Å²) in [5.74, 6) is 0.250. The fraction of sp³-hybridized carbons (Fsp3) is 0.235. The third-order valence-corrected chi connectivity index (χ3v) is 3.58. The molecule has 18 heavy (non-hydrogen) atoms. The Balaban J connectivity index is 2.59. The first-order valence-electron chi connectivity index (χ1n) is 6.34. The van der Waals surface area contributed by atoms with Crippen LogP contribution in [0.15, 0.2) is 60.7 Å². The minimum absolute atomic E-state index is 0.250. The number of carbonyl (C=O) groups excluding carboxylic acids is 1. The molecule has 0 N–H and O–H groups in total. The second-order valence-electron chi connectivity index (χ2n) is 4.63. The highest BCUT2D eigenvalue weighted by Crippen LogP contribution is 2.33. The highest BCUT2D eigenvalue weighted by atomic mass is 16.1. The number of hydrogen-bond donors (Lipinski definition) is 0. The monoisotopic (exact) mass is 238 g/mol. The summed E-state index contributed by atoms with van der Waals surface area (Å²) in [6.45, 7) is 3.94. The van der Waals surface area contributed by atoms with Crippen molar-refractivity contribution in [2.75, 3.05) is 0 Å². The molecular weight excluding hydrogens is 220 g/mol. The molecule has 0 aliphatic carbocycles. The van der Waals surface area contributed by atoms with Crippen molar-refractivity contribution in [1.82, 2.24) is 0 Å². The van der Waals surface area contributed by atoms with Gasteiger partial charge in [-0.3, -0.25) is 4.79 Å². The summed E-state index contributed by atoms with van der Waals surface area (Å²) >= 11 is 0. The first kappa shape index (κ1) is 12.6. The van der Waals surface area contributed by atoms with Gasteiger partial charge in [0.1, 0.15) is 5.78 Å². The minimum atomic E-state index is -0.544. The lowest BCUT2D eigenvalue weighted by Gasteiger charge is -2.29. The smallest absolute Gasteiger partial charge is 0.147 e. The van der Waals surface area contributed by atoms with E-state index in [0.29, 0.717) is 6.42 Å². The number of benzene rings is 2. The van der Waals surface area contributed by atoms with Gasteiger partial charge in [0.25, 0.3) is 0 Å². The Kier molecular flexibility index (Phi) is 3.61. The van der Waals surface area contributed by atoms with E-state index in [0.717, 1.165) is 11.1 Å². The van der Waals surface area contributed by atoms with Crippen LogP contribution in [-0.2, 0) is 10.2 Å². The molecule has 0 atom stereocenters. The number of rotatable bonds is 4. The van der Waals surface area contributed by atoms with Gasteiger partial charge in [-0.1, -0.05) is 67.6 Å². The molecule has 0 radical (unpaired) electrons. The second kappa shape index (κ2) is 5.18. The van der Waals surface area contributed by atoms with Crippen molar-refractivity contribution in [3.05, 3.63) is 71.8 Å². The van der Waals surface area contributed by atoms with Gasteiger partial charge in [0, 0.05) is 6.42 Å². The van der Waals surface area contributed by atoms with Gasteiger partial charge in [-0.2, -0.15) is 0 Å². The molecule has 0 amide bonds. The van der Waals surface area contributed by atoms with Crippen molar-refractivity contribution >= 4 is 5.78 Å². The third-order valence-electron chi connectivity index (χ3n) is 3.58. The predicted octanol–water partition coefficient (Wildman–Crippen LogP) is 3.97. The molecule has 92 valence electrons. The van der Waals surface area contributed by atoms with Gasteiger partial charge >= 0.3 is 0 Å². The van der Waals surface area contributed by atoms with Crippen LogP contribution in [0.3, 0.4) is 0 Å². The normalized spacial score (nSPS) is 11.2. The van der Waals surface area contributed by atoms with E-state index in [2.05, 4.69) is 0 Å². The average Bonchev–Trinajstić information content (AvgIpc) is 2.47. The third kappa shape index (κ3) is 2.08. The van der Waals surface area contributed by atoms with Crippen LogP contribution in [0.4, 0.5) is 0 Å². The molecule has 0 heterocycles. The highest BCUT2D eigenvalue weighted by Gasteiger charge is 2.35. The van der Waals surface area contributed by atoms with E-state index in [1.165, 1.54) is 0 Å². The van der Waals surface area contributed by atoms with Crippen LogP contribution in [0.25, 0.3) is 0 Å².